The maximum Gasteiger partial charge on any atom is 0.229 e. The van der Waals surface area contributed by atoms with E-state index in [-0.39, 0.29) is 18.1 Å². The van der Waals surface area contributed by atoms with Crippen LogP contribution in [0.25, 0.3) is 0 Å². The average molecular weight is 408 g/mol. The first-order valence-electron chi connectivity index (χ1n) is 11.0. The summed E-state index contributed by atoms with van der Waals surface area (Å²) in [6, 6.07) is 3.62. The summed E-state index contributed by atoms with van der Waals surface area (Å²) in [7, 11) is 0. The molecule has 7 nitrogen and oxygen atoms in total. The number of carbonyl (C=O) groups excluding carboxylic acids is 1. The minimum Gasteiger partial charge on any atom is -0.395 e. The molecule has 158 valence electrons. The van der Waals surface area contributed by atoms with Crippen LogP contribution in [0, 0.1) is 23.2 Å². The maximum absolute atomic E-state index is 13.8. The topological polar surface area (TPSA) is 101 Å². The number of amides is 1. The monoisotopic (exact) mass is 407 g/mol. The Morgan fingerprint density at radius 3 is 1.87 bits per heavy atom. The number of aliphatic hydroxyl groups excluding tert-OH is 1. The first-order valence-corrected chi connectivity index (χ1v) is 11.0. The molecule has 4 bridgehead atoms. The Morgan fingerprint density at radius 2 is 1.47 bits per heavy atom. The van der Waals surface area contributed by atoms with Gasteiger partial charge in [0.2, 0.25) is 5.91 Å². The van der Waals surface area contributed by atoms with E-state index in [0.717, 1.165) is 48.4 Å². The summed E-state index contributed by atoms with van der Waals surface area (Å²) >= 11 is 0. The molecule has 0 aromatic carbocycles. The summed E-state index contributed by atoms with van der Waals surface area (Å²) in [5.41, 5.74) is 0.359. The highest BCUT2D eigenvalue weighted by Gasteiger charge is 2.53. The number of aromatic nitrogens is 4. The largest absolute Gasteiger partial charge is 0.395 e. The molecule has 2 aromatic rings. The molecular weight excluding hydrogens is 378 g/mol. The van der Waals surface area contributed by atoms with Gasteiger partial charge in [0.05, 0.1) is 12.0 Å². The lowest BCUT2D eigenvalue weighted by molar-refractivity contribution is -0.139. The first-order chi connectivity index (χ1) is 14.6. The Morgan fingerprint density at radius 1 is 0.967 bits per heavy atom. The molecular formula is C23H29N5O2. The van der Waals surface area contributed by atoms with Crippen LogP contribution >= 0.6 is 0 Å². The highest BCUT2D eigenvalue weighted by molar-refractivity contribution is 5.84. The Balaban J connectivity index is 1.43. The fraction of sp³-hybridized carbons (Fsp3) is 0.609. The zero-order valence-electron chi connectivity index (χ0n) is 17.2. The van der Waals surface area contributed by atoms with Crippen LogP contribution in [0.5, 0.6) is 0 Å². The van der Waals surface area contributed by atoms with Crippen molar-refractivity contribution >= 4 is 5.91 Å². The number of nitrogens with zero attached hydrogens (tertiary/aromatic N) is 4. The lowest BCUT2D eigenvalue weighted by atomic mass is 9.53. The molecule has 0 radical (unpaired) electrons. The molecule has 6 rings (SSSR count). The summed E-state index contributed by atoms with van der Waals surface area (Å²) in [6.45, 7) is -0.265. The van der Waals surface area contributed by atoms with Crippen molar-refractivity contribution in [3.05, 3.63) is 48.6 Å². The fourth-order valence-electron chi connectivity index (χ4n) is 6.58. The van der Waals surface area contributed by atoms with Crippen molar-refractivity contribution in [1.82, 2.24) is 25.3 Å². The van der Waals surface area contributed by atoms with Crippen LogP contribution < -0.4 is 5.32 Å². The van der Waals surface area contributed by atoms with Crippen molar-refractivity contribution in [1.29, 1.82) is 0 Å². The minimum absolute atomic E-state index is 0.0795. The molecule has 0 spiro atoms. The van der Waals surface area contributed by atoms with Gasteiger partial charge in [0.1, 0.15) is 12.7 Å². The zero-order valence-corrected chi connectivity index (χ0v) is 17.2. The molecule has 0 unspecified atom stereocenters. The normalized spacial score (nSPS) is 29.7. The average Bonchev–Trinajstić information content (AvgIpc) is 2.73. The zero-order chi connectivity index (χ0) is 20.6. The molecule has 4 fully saturated rings. The highest BCUT2D eigenvalue weighted by atomic mass is 16.3. The van der Waals surface area contributed by atoms with Gasteiger partial charge in [-0.25, -0.2) is 19.9 Å². The number of nitrogens with one attached hydrogen (secondary N) is 1. The van der Waals surface area contributed by atoms with Gasteiger partial charge >= 0.3 is 0 Å². The lowest BCUT2D eigenvalue weighted by Gasteiger charge is -2.57. The van der Waals surface area contributed by atoms with Gasteiger partial charge < -0.3 is 10.4 Å². The van der Waals surface area contributed by atoms with Crippen LogP contribution in [0.2, 0.25) is 0 Å². The van der Waals surface area contributed by atoms with E-state index < -0.39 is 5.41 Å². The molecule has 4 saturated carbocycles. The summed E-state index contributed by atoms with van der Waals surface area (Å²) in [6.07, 6.45) is 14.2. The molecule has 0 saturated heterocycles. The van der Waals surface area contributed by atoms with Gasteiger partial charge in [-0.05, 0) is 68.4 Å². The van der Waals surface area contributed by atoms with Crippen molar-refractivity contribution in [2.24, 2.45) is 23.2 Å². The second-order valence-electron chi connectivity index (χ2n) is 9.85. The third-order valence-corrected chi connectivity index (χ3v) is 7.53. The predicted molar refractivity (Wildman–Crippen MR) is 110 cm³/mol. The van der Waals surface area contributed by atoms with E-state index in [4.69, 9.17) is 0 Å². The number of hydrogen-bond donors (Lipinski definition) is 2. The van der Waals surface area contributed by atoms with Crippen molar-refractivity contribution < 1.29 is 9.90 Å². The highest BCUT2D eigenvalue weighted by Crippen LogP contribution is 2.55. The standard InChI is InChI=1S/C23H29N5O2/c29-13-22(11-19-1-3-24-14-26-19,12-20-2-4-25-15-27-20)21(30)28-23-8-16-5-17(9-23)7-18(6-16)10-23/h1-4,14-18,29H,5-13H2,(H,28,30). The summed E-state index contributed by atoms with van der Waals surface area (Å²) in [5.74, 6) is 2.14. The van der Waals surface area contributed by atoms with Crippen molar-refractivity contribution in [2.75, 3.05) is 6.61 Å². The van der Waals surface area contributed by atoms with Crippen LogP contribution in [0.15, 0.2) is 37.2 Å². The molecule has 0 aliphatic heterocycles. The summed E-state index contributed by atoms with van der Waals surface area (Å²) in [4.78, 5) is 30.5. The van der Waals surface area contributed by atoms with Crippen LogP contribution in [0.4, 0.5) is 0 Å². The quantitative estimate of drug-likeness (QED) is 0.729. The minimum atomic E-state index is -1.02. The molecule has 7 heteroatoms. The Bertz CT molecular complexity index is 812. The lowest BCUT2D eigenvalue weighted by Crippen LogP contribution is -2.63. The number of aliphatic hydroxyl groups is 1. The Labute approximate surface area is 176 Å². The molecule has 1 amide bonds. The molecule has 4 aliphatic carbocycles. The van der Waals surface area contributed by atoms with Crippen LogP contribution in [0.3, 0.4) is 0 Å². The van der Waals surface area contributed by atoms with E-state index in [2.05, 4.69) is 25.3 Å². The molecule has 2 aromatic heterocycles. The van der Waals surface area contributed by atoms with Gasteiger partial charge in [-0.2, -0.15) is 0 Å². The molecule has 4 aliphatic rings. The molecule has 2 N–H and O–H groups in total. The predicted octanol–water partition coefficient (Wildman–Crippen LogP) is 2.12. The molecule has 0 atom stereocenters. The second-order valence-corrected chi connectivity index (χ2v) is 9.85. The van der Waals surface area contributed by atoms with Crippen LogP contribution in [-0.2, 0) is 17.6 Å². The van der Waals surface area contributed by atoms with Crippen LogP contribution in [0.1, 0.15) is 49.9 Å². The molecule has 30 heavy (non-hydrogen) atoms. The van der Waals surface area contributed by atoms with E-state index in [1.165, 1.54) is 31.9 Å². The smallest absolute Gasteiger partial charge is 0.229 e. The van der Waals surface area contributed by atoms with E-state index in [1.54, 1.807) is 12.4 Å². The van der Waals surface area contributed by atoms with Crippen molar-refractivity contribution in [3.8, 4) is 0 Å². The van der Waals surface area contributed by atoms with E-state index >= 15 is 0 Å². The summed E-state index contributed by atoms with van der Waals surface area (Å²) < 4.78 is 0. The molecule has 2 heterocycles. The second kappa shape index (κ2) is 7.69. The first kappa shape index (κ1) is 19.5. The van der Waals surface area contributed by atoms with Crippen molar-refractivity contribution in [2.45, 2.75) is 56.9 Å². The van der Waals surface area contributed by atoms with Gasteiger partial charge in [0.25, 0.3) is 0 Å². The summed E-state index contributed by atoms with van der Waals surface area (Å²) in [5, 5.41) is 14.0. The van der Waals surface area contributed by atoms with E-state index in [0.29, 0.717) is 12.8 Å². The SMILES string of the molecule is O=C(NC12CC3CC(CC(C3)C1)C2)C(CO)(Cc1ccncn1)Cc1ccncn1. The van der Waals surface area contributed by atoms with Crippen molar-refractivity contribution in [3.63, 3.8) is 0 Å². The maximum atomic E-state index is 13.8. The van der Waals surface area contributed by atoms with Gasteiger partial charge in [0.15, 0.2) is 0 Å². The van der Waals surface area contributed by atoms with Crippen LogP contribution in [-0.4, -0.2) is 43.1 Å². The number of rotatable bonds is 7. The Hall–Kier alpha value is -2.41. The Kier molecular flexibility index (Phi) is 5.01. The van der Waals surface area contributed by atoms with E-state index in [1.807, 2.05) is 12.1 Å². The van der Waals surface area contributed by atoms with Gasteiger partial charge in [-0.1, -0.05) is 0 Å². The van der Waals surface area contributed by atoms with Gasteiger partial charge in [0, 0.05) is 42.2 Å². The third kappa shape index (κ3) is 3.71. The fourth-order valence-corrected chi connectivity index (χ4v) is 6.58. The van der Waals surface area contributed by atoms with E-state index in [9.17, 15) is 9.90 Å². The number of hydrogen-bond acceptors (Lipinski definition) is 6. The van der Waals surface area contributed by atoms with Gasteiger partial charge in [-0.3, -0.25) is 4.79 Å². The van der Waals surface area contributed by atoms with Gasteiger partial charge in [-0.15, -0.1) is 0 Å². The third-order valence-electron chi connectivity index (χ3n) is 7.53. The number of carbonyl (C=O) groups is 1.